The molecule has 0 saturated carbocycles. The van der Waals surface area contributed by atoms with Crippen LogP contribution in [0.5, 0.6) is 5.75 Å². The molecule has 0 aliphatic rings. The maximum atomic E-state index is 11.9. The summed E-state index contributed by atoms with van der Waals surface area (Å²) in [6.07, 6.45) is 0.519. The number of aromatic hydroxyl groups is 1. The number of hydrogen-bond acceptors (Lipinski definition) is 6. The van der Waals surface area contributed by atoms with Crippen LogP contribution in [-0.2, 0) is 20.7 Å². The molecule has 0 aliphatic carbocycles. The van der Waals surface area contributed by atoms with Crippen LogP contribution < -0.4 is 10.6 Å². The standard InChI is InChI=1S/C16H16N2O5S/c1-23-16(22)13-12(7-9-24-13)18-15(21)14(20)17-8-6-10-2-4-11(19)5-3-10/h2-5,7,9,19H,6,8H2,1H3,(H,17,20)(H,18,21). The second-order valence-corrected chi connectivity index (χ2v) is 5.70. The highest BCUT2D eigenvalue weighted by Gasteiger charge is 2.19. The molecule has 2 amide bonds. The van der Waals surface area contributed by atoms with Crippen molar-refractivity contribution in [1.29, 1.82) is 0 Å². The van der Waals surface area contributed by atoms with Crippen molar-refractivity contribution < 1.29 is 24.2 Å². The number of carbonyl (C=O) groups is 3. The van der Waals surface area contributed by atoms with Crippen molar-refractivity contribution in [3.8, 4) is 5.75 Å². The number of amides is 2. The van der Waals surface area contributed by atoms with Crippen molar-refractivity contribution in [2.75, 3.05) is 19.0 Å². The van der Waals surface area contributed by atoms with Gasteiger partial charge in [0.2, 0.25) is 0 Å². The van der Waals surface area contributed by atoms with Crippen LogP contribution in [0.3, 0.4) is 0 Å². The molecule has 0 aliphatic heterocycles. The summed E-state index contributed by atoms with van der Waals surface area (Å²) in [5.41, 5.74) is 1.16. The van der Waals surface area contributed by atoms with E-state index >= 15 is 0 Å². The second-order valence-electron chi connectivity index (χ2n) is 4.78. The first-order valence-corrected chi connectivity index (χ1v) is 7.92. The number of carbonyl (C=O) groups excluding carboxylic acids is 3. The largest absolute Gasteiger partial charge is 0.508 e. The number of phenols is 1. The third-order valence-electron chi connectivity index (χ3n) is 3.13. The van der Waals surface area contributed by atoms with Crippen LogP contribution in [-0.4, -0.2) is 36.5 Å². The molecule has 0 atom stereocenters. The van der Waals surface area contributed by atoms with E-state index in [1.807, 2.05) is 0 Å². The number of phenolic OH excluding ortho intramolecular Hbond substituents is 1. The summed E-state index contributed by atoms with van der Waals surface area (Å²) in [6.45, 7) is 0.268. The topological polar surface area (TPSA) is 105 Å². The Balaban J connectivity index is 1.84. The highest BCUT2D eigenvalue weighted by molar-refractivity contribution is 7.12. The summed E-state index contributed by atoms with van der Waals surface area (Å²) in [4.78, 5) is 35.4. The molecule has 8 heteroatoms. The molecule has 0 bridgehead atoms. The van der Waals surface area contributed by atoms with Crippen LogP contribution >= 0.6 is 11.3 Å². The molecule has 2 aromatic rings. The molecule has 24 heavy (non-hydrogen) atoms. The van der Waals surface area contributed by atoms with E-state index in [9.17, 15) is 19.5 Å². The molecule has 0 spiro atoms. The van der Waals surface area contributed by atoms with Gasteiger partial charge in [-0.1, -0.05) is 12.1 Å². The number of anilines is 1. The Morgan fingerprint density at radius 1 is 1.12 bits per heavy atom. The monoisotopic (exact) mass is 348 g/mol. The molecule has 0 radical (unpaired) electrons. The number of methoxy groups -OCH3 is 1. The highest BCUT2D eigenvalue weighted by Crippen LogP contribution is 2.22. The summed E-state index contributed by atoms with van der Waals surface area (Å²) < 4.78 is 4.60. The lowest BCUT2D eigenvalue weighted by Crippen LogP contribution is -2.36. The molecule has 2 rings (SSSR count). The Morgan fingerprint density at radius 2 is 1.83 bits per heavy atom. The van der Waals surface area contributed by atoms with Crippen LogP contribution in [0.1, 0.15) is 15.2 Å². The fourth-order valence-corrected chi connectivity index (χ4v) is 2.67. The predicted molar refractivity (Wildman–Crippen MR) is 89.1 cm³/mol. The third kappa shape index (κ3) is 4.56. The van der Waals surface area contributed by atoms with E-state index in [1.165, 1.54) is 13.2 Å². The minimum Gasteiger partial charge on any atom is -0.508 e. The maximum Gasteiger partial charge on any atom is 0.350 e. The molecule has 1 aromatic carbocycles. The van der Waals surface area contributed by atoms with Crippen LogP contribution in [0.2, 0.25) is 0 Å². The van der Waals surface area contributed by atoms with E-state index in [4.69, 9.17) is 0 Å². The van der Waals surface area contributed by atoms with Gasteiger partial charge in [0.15, 0.2) is 0 Å². The van der Waals surface area contributed by atoms with Crippen molar-refractivity contribution >= 4 is 34.8 Å². The molecular formula is C16H16N2O5S. The van der Waals surface area contributed by atoms with E-state index in [-0.39, 0.29) is 22.9 Å². The summed E-state index contributed by atoms with van der Waals surface area (Å²) >= 11 is 1.11. The fraction of sp³-hybridized carbons (Fsp3) is 0.188. The summed E-state index contributed by atoms with van der Waals surface area (Å²) in [6, 6.07) is 8.09. The Hall–Kier alpha value is -2.87. The first-order valence-electron chi connectivity index (χ1n) is 7.04. The summed E-state index contributed by atoms with van der Waals surface area (Å²) in [7, 11) is 1.24. The van der Waals surface area contributed by atoms with Crippen LogP contribution in [0.4, 0.5) is 5.69 Å². The predicted octanol–water partition coefficient (Wildman–Crippen LogP) is 1.54. The summed E-state index contributed by atoms with van der Waals surface area (Å²) in [5.74, 6) is -2.06. The van der Waals surface area contributed by atoms with Gasteiger partial charge < -0.3 is 20.5 Å². The zero-order chi connectivity index (χ0) is 17.5. The Bertz CT molecular complexity index is 739. The zero-order valence-electron chi connectivity index (χ0n) is 12.9. The van der Waals surface area contributed by atoms with Crippen LogP contribution in [0.25, 0.3) is 0 Å². The molecule has 0 unspecified atom stereocenters. The number of nitrogens with one attached hydrogen (secondary N) is 2. The van der Waals surface area contributed by atoms with E-state index in [0.717, 1.165) is 16.9 Å². The van der Waals surface area contributed by atoms with Crippen LogP contribution in [0, 0.1) is 0 Å². The van der Waals surface area contributed by atoms with Gasteiger partial charge in [0.05, 0.1) is 12.8 Å². The van der Waals surface area contributed by atoms with Crippen molar-refractivity contribution in [2.24, 2.45) is 0 Å². The van der Waals surface area contributed by atoms with Gasteiger partial charge in [0.25, 0.3) is 0 Å². The quantitative estimate of drug-likeness (QED) is 0.561. The Morgan fingerprint density at radius 3 is 2.50 bits per heavy atom. The molecule has 3 N–H and O–H groups in total. The van der Waals surface area contributed by atoms with Gasteiger partial charge in [-0.05, 0) is 35.6 Å². The van der Waals surface area contributed by atoms with E-state index < -0.39 is 17.8 Å². The highest BCUT2D eigenvalue weighted by atomic mass is 32.1. The van der Waals surface area contributed by atoms with Gasteiger partial charge in [-0.15, -0.1) is 11.3 Å². The number of rotatable bonds is 5. The molecule has 0 fully saturated rings. The first kappa shape index (κ1) is 17.5. The van der Waals surface area contributed by atoms with Crippen LogP contribution in [0.15, 0.2) is 35.7 Å². The van der Waals surface area contributed by atoms with Crippen molar-refractivity contribution in [2.45, 2.75) is 6.42 Å². The normalized spacial score (nSPS) is 10.0. The number of benzene rings is 1. The Kier molecular flexibility index (Phi) is 5.91. The second kappa shape index (κ2) is 8.11. The minimum atomic E-state index is -0.857. The van der Waals surface area contributed by atoms with Crippen molar-refractivity contribution in [3.05, 3.63) is 46.2 Å². The lowest BCUT2D eigenvalue weighted by atomic mass is 10.1. The Labute approximate surface area is 142 Å². The molecule has 1 aromatic heterocycles. The summed E-state index contributed by atoms with van der Waals surface area (Å²) in [5, 5.41) is 15.7. The van der Waals surface area contributed by atoms with Gasteiger partial charge in [0, 0.05) is 6.54 Å². The molecule has 7 nitrogen and oxygen atoms in total. The third-order valence-corrected chi connectivity index (χ3v) is 4.02. The van der Waals surface area contributed by atoms with E-state index in [0.29, 0.717) is 6.42 Å². The van der Waals surface area contributed by atoms with Gasteiger partial charge in [-0.3, -0.25) is 9.59 Å². The molecule has 126 valence electrons. The van der Waals surface area contributed by atoms with Gasteiger partial charge >= 0.3 is 17.8 Å². The van der Waals surface area contributed by atoms with Crippen molar-refractivity contribution in [3.63, 3.8) is 0 Å². The average molecular weight is 348 g/mol. The van der Waals surface area contributed by atoms with E-state index in [2.05, 4.69) is 15.4 Å². The average Bonchev–Trinajstić information content (AvgIpc) is 3.03. The lowest BCUT2D eigenvalue weighted by molar-refractivity contribution is -0.136. The minimum absolute atomic E-state index is 0.166. The number of esters is 1. The van der Waals surface area contributed by atoms with Crippen molar-refractivity contribution in [1.82, 2.24) is 5.32 Å². The SMILES string of the molecule is COC(=O)c1sccc1NC(=O)C(=O)NCCc1ccc(O)cc1. The van der Waals surface area contributed by atoms with Gasteiger partial charge in [-0.2, -0.15) is 0 Å². The number of ether oxygens (including phenoxy) is 1. The number of hydrogen-bond donors (Lipinski definition) is 3. The zero-order valence-corrected chi connectivity index (χ0v) is 13.7. The maximum absolute atomic E-state index is 11.9. The molecule has 1 heterocycles. The molecule has 0 saturated heterocycles. The van der Waals surface area contributed by atoms with Gasteiger partial charge in [-0.25, -0.2) is 4.79 Å². The fourth-order valence-electron chi connectivity index (χ4n) is 1.90. The molecular weight excluding hydrogens is 332 g/mol. The lowest BCUT2D eigenvalue weighted by Gasteiger charge is -2.07. The smallest absolute Gasteiger partial charge is 0.350 e. The first-order chi connectivity index (χ1) is 11.5. The number of thiophene rings is 1. The van der Waals surface area contributed by atoms with Gasteiger partial charge in [0.1, 0.15) is 10.6 Å². The van der Waals surface area contributed by atoms with E-state index in [1.54, 1.807) is 29.6 Å².